The number of thioether (sulfide) groups is 1. The summed E-state index contributed by atoms with van der Waals surface area (Å²) in [4.78, 5) is 133. The van der Waals surface area contributed by atoms with Gasteiger partial charge in [-0.05, 0) is 73.8 Å². The van der Waals surface area contributed by atoms with Crippen LogP contribution in [-0.2, 0) is 56.0 Å². The van der Waals surface area contributed by atoms with Gasteiger partial charge in [-0.25, -0.2) is 9.78 Å². The lowest BCUT2D eigenvalue weighted by atomic mass is 9.99. The van der Waals surface area contributed by atoms with Gasteiger partial charge in [0.2, 0.25) is 41.4 Å². The van der Waals surface area contributed by atoms with Gasteiger partial charge in [0.05, 0.1) is 18.8 Å². The molecule has 16 N–H and O–H groups in total. The minimum absolute atomic E-state index is 0.0223. The number of aromatic hydroxyl groups is 1. The van der Waals surface area contributed by atoms with Crippen LogP contribution in [-0.4, -0.2) is 162 Å². The van der Waals surface area contributed by atoms with E-state index in [2.05, 4.69) is 46.9 Å². The van der Waals surface area contributed by atoms with Crippen molar-refractivity contribution in [3.8, 4) is 5.75 Å². The maximum absolute atomic E-state index is 14.5. The highest BCUT2D eigenvalue weighted by Gasteiger charge is 2.40. The molecule has 1 aliphatic rings. The van der Waals surface area contributed by atoms with Crippen LogP contribution < -0.4 is 49.1 Å². The van der Waals surface area contributed by atoms with Crippen molar-refractivity contribution in [1.82, 2.24) is 46.8 Å². The standard InChI is InChI=1S/C47H73N13O12S/c1-6-17-73-23-35(42(67)56-33(20-28-22-51-24-53-28)45(70)60-16-8-10-36(60)43(68)57-34(46(71)72)18-25(2)3)58-41(66)32(19-27-11-13-29(61)14-12-27)55-44(69)38(26(4)5)59-40(65)31(9-7-15-52-47(49)50)54-39(64)30(48)21-37(62)63/h11-14,22,24-26,30-36,38,61H,6-10,15-21,23,48H2,1-5H3,(H,51,53)(H,54,64)(H,55,69)(H,56,67)(H,57,68)(H,58,66)(H,59,65)(H,62,63)(H,71,72)(H4,49,50,52)/t30-,31-,32-,33-,34-,35-,36-,38-/m0/s1. The van der Waals surface area contributed by atoms with Crippen LogP contribution in [0.3, 0.4) is 0 Å². The Kier molecular flexibility index (Phi) is 24.9. The van der Waals surface area contributed by atoms with Gasteiger partial charge in [-0.2, -0.15) is 11.8 Å². The van der Waals surface area contributed by atoms with E-state index in [-0.39, 0.29) is 75.0 Å². The average molecular weight is 1040 g/mol. The fourth-order valence-corrected chi connectivity index (χ4v) is 8.74. The number of carboxylic acid groups (broad SMARTS) is 2. The van der Waals surface area contributed by atoms with Gasteiger partial charge in [-0.15, -0.1) is 0 Å². The molecule has 25 nitrogen and oxygen atoms in total. The molecule has 0 bridgehead atoms. The number of nitrogens with two attached hydrogens (primary N) is 3. The van der Waals surface area contributed by atoms with E-state index in [0.717, 1.165) is 0 Å². The van der Waals surface area contributed by atoms with Crippen molar-refractivity contribution < 1.29 is 58.5 Å². The first kappa shape index (κ1) is 60.3. The Bertz CT molecular complexity index is 2210. The SMILES string of the molecule is CCCSC[C@H](NC(=O)[C@H](Cc1ccc(O)cc1)NC(=O)[C@@H](NC(=O)[C@H](CCCN=C(N)N)NC(=O)[C@@H](N)CC(=O)O)C(C)C)C(=O)N[C@@H](Cc1cnc[nH]1)C(=O)N1CCC[C@H]1C(=O)N[C@@H](CC(C)C)C(=O)O. The van der Waals surface area contributed by atoms with Crippen LogP contribution in [0.1, 0.15) is 90.8 Å². The number of carboxylic acids is 2. The normalized spacial score (nSPS) is 16.2. The summed E-state index contributed by atoms with van der Waals surface area (Å²) < 4.78 is 0. The molecule has 0 unspecified atom stereocenters. The lowest BCUT2D eigenvalue weighted by molar-refractivity contribution is -0.145. The number of H-pyrrole nitrogens is 1. The number of phenolic OH excluding ortho intramolecular Hbond substituents is 1. The smallest absolute Gasteiger partial charge is 0.326 e. The topological polar surface area (TPSA) is 409 Å². The Morgan fingerprint density at radius 2 is 1.45 bits per heavy atom. The molecule has 26 heteroatoms. The van der Waals surface area contributed by atoms with Gasteiger partial charge in [0.1, 0.15) is 48.0 Å². The van der Waals surface area contributed by atoms with Crippen molar-refractivity contribution in [2.75, 3.05) is 24.6 Å². The van der Waals surface area contributed by atoms with Gasteiger partial charge >= 0.3 is 11.9 Å². The van der Waals surface area contributed by atoms with E-state index < -0.39 is 114 Å². The van der Waals surface area contributed by atoms with E-state index >= 15 is 0 Å². The Hall–Kier alpha value is -6.96. The summed E-state index contributed by atoms with van der Waals surface area (Å²) >= 11 is 1.34. The monoisotopic (exact) mass is 1040 g/mol. The number of rotatable bonds is 31. The number of hydrogen-bond acceptors (Lipinski definition) is 14. The molecule has 8 atom stereocenters. The minimum atomic E-state index is -1.51. The Labute approximate surface area is 428 Å². The fraction of sp³-hybridized carbons (Fsp3) is 0.596. The van der Waals surface area contributed by atoms with Gasteiger partial charge in [-0.3, -0.25) is 43.3 Å². The second-order valence-corrected chi connectivity index (χ2v) is 19.7. The van der Waals surface area contributed by atoms with E-state index in [1.54, 1.807) is 13.8 Å². The number of aromatic nitrogens is 2. The van der Waals surface area contributed by atoms with Crippen LogP contribution in [0.5, 0.6) is 5.75 Å². The molecule has 0 radical (unpaired) electrons. The Morgan fingerprint density at radius 1 is 0.822 bits per heavy atom. The predicted molar refractivity (Wildman–Crippen MR) is 270 cm³/mol. The van der Waals surface area contributed by atoms with Crippen LogP contribution in [0.15, 0.2) is 41.8 Å². The number of imidazole rings is 1. The second-order valence-electron chi connectivity index (χ2n) is 18.6. The molecule has 404 valence electrons. The highest BCUT2D eigenvalue weighted by Crippen LogP contribution is 2.21. The Morgan fingerprint density at radius 3 is 2.04 bits per heavy atom. The highest BCUT2D eigenvalue weighted by molar-refractivity contribution is 7.99. The summed E-state index contributed by atoms with van der Waals surface area (Å²) in [6.45, 7) is 9.02. The minimum Gasteiger partial charge on any atom is -0.508 e. The molecule has 0 saturated carbocycles. The molecule has 2 heterocycles. The van der Waals surface area contributed by atoms with Gasteiger partial charge in [0, 0.05) is 43.6 Å². The average Bonchev–Trinajstić information content (AvgIpc) is 4.04. The van der Waals surface area contributed by atoms with Gasteiger partial charge in [0.15, 0.2) is 5.96 Å². The molecule has 1 saturated heterocycles. The number of benzene rings is 1. The lowest BCUT2D eigenvalue weighted by Crippen LogP contribution is -2.61. The number of guanidine groups is 1. The highest BCUT2D eigenvalue weighted by atomic mass is 32.2. The van der Waals surface area contributed by atoms with Crippen molar-refractivity contribution in [3.63, 3.8) is 0 Å². The summed E-state index contributed by atoms with van der Waals surface area (Å²) in [6.07, 6.45) is 3.54. The molecular weight excluding hydrogens is 971 g/mol. The molecule has 1 aliphatic heterocycles. The number of hydrogen-bond donors (Lipinski definition) is 13. The number of carbonyl (C=O) groups excluding carboxylic acids is 7. The van der Waals surface area contributed by atoms with E-state index in [0.29, 0.717) is 29.9 Å². The molecule has 73 heavy (non-hydrogen) atoms. The number of nitrogens with zero attached hydrogens (tertiary/aromatic N) is 3. The zero-order valence-corrected chi connectivity index (χ0v) is 42.7. The van der Waals surface area contributed by atoms with E-state index in [1.807, 2.05) is 20.8 Å². The first-order chi connectivity index (χ1) is 34.5. The van der Waals surface area contributed by atoms with E-state index in [9.17, 15) is 53.4 Å². The van der Waals surface area contributed by atoms with Crippen LogP contribution in [0, 0.1) is 11.8 Å². The number of carbonyl (C=O) groups is 9. The molecule has 7 amide bonds. The first-order valence-electron chi connectivity index (χ1n) is 24.2. The molecule has 1 fully saturated rings. The number of aliphatic imine (C=N–C) groups is 1. The molecular formula is C47H73N13O12S. The predicted octanol–water partition coefficient (Wildman–Crippen LogP) is -1.41. The zero-order chi connectivity index (χ0) is 54.4. The number of likely N-dealkylation sites (tertiary alicyclic amines) is 1. The molecule has 0 spiro atoms. The summed E-state index contributed by atoms with van der Waals surface area (Å²) in [5.41, 5.74) is 17.6. The van der Waals surface area contributed by atoms with E-state index in [4.69, 9.17) is 22.3 Å². The van der Waals surface area contributed by atoms with Crippen LogP contribution >= 0.6 is 11.8 Å². The van der Waals surface area contributed by atoms with Crippen molar-refractivity contribution in [2.45, 2.75) is 141 Å². The van der Waals surface area contributed by atoms with Crippen molar-refractivity contribution >= 4 is 71.0 Å². The first-order valence-corrected chi connectivity index (χ1v) is 25.4. The summed E-state index contributed by atoms with van der Waals surface area (Å²) in [6, 6.07) is -4.57. The number of nitrogens with one attached hydrogen (secondary N) is 7. The third-order valence-corrected chi connectivity index (χ3v) is 12.9. The quantitative estimate of drug-likeness (QED) is 0.0234. The number of aliphatic carboxylic acids is 2. The molecule has 3 rings (SSSR count). The largest absolute Gasteiger partial charge is 0.508 e. The van der Waals surface area contributed by atoms with Gasteiger partial charge < -0.3 is 74.3 Å². The molecule has 2 aromatic rings. The molecule has 0 aliphatic carbocycles. The van der Waals surface area contributed by atoms with E-state index in [1.165, 1.54) is 53.5 Å². The maximum atomic E-state index is 14.5. The van der Waals surface area contributed by atoms with Crippen LogP contribution in [0.2, 0.25) is 0 Å². The molecule has 1 aromatic heterocycles. The Balaban J connectivity index is 1.94. The number of amides is 7. The second kappa shape index (κ2) is 30.2. The summed E-state index contributed by atoms with van der Waals surface area (Å²) in [7, 11) is 0. The van der Waals surface area contributed by atoms with Crippen molar-refractivity contribution in [2.24, 2.45) is 34.0 Å². The zero-order valence-electron chi connectivity index (χ0n) is 41.9. The lowest BCUT2D eigenvalue weighted by Gasteiger charge is -2.31. The summed E-state index contributed by atoms with van der Waals surface area (Å²) in [5.74, 6) is -8.38. The third-order valence-electron chi connectivity index (χ3n) is 11.6. The maximum Gasteiger partial charge on any atom is 0.326 e. The summed E-state index contributed by atoms with van der Waals surface area (Å²) in [5, 5.41) is 44.9. The van der Waals surface area contributed by atoms with Gasteiger partial charge in [0.25, 0.3) is 0 Å². The van der Waals surface area contributed by atoms with Crippen molar-refractivity contribution in [3.05, 3.63) is 48.0 Å². The number of phenols is 1. The third kappa shape index (κ3) is 20.6. The van der Waals surface area contributed by atoms with Crippen LogP contribution in [0.4, 0.5) is 0 Å². The fourth-order valence-electron chi connectivity index (χ4n) is 7.81. The molecule has 1 aromatic carbocycles. The number of aromatic amines is 1. The van der Waals surface area contributed by atoms with Crippen molar-refractivity contribution in [1.29, 1.82) is 0 Å². The van der Waals surface area contributed by atoms with Gasteiger partial charge in [-0.1, -0.05) is 46.8 Å². The van der Waals surface area contributed by atoms with Crippen LogP contribution in [0.25, 0.3) is 0 Å².